The molecule has 3 heteroatoms. The van der Waals surface area contributed by atoms with Crippen LogP contribution in [0.25, 0.3) is 0 Å². The zero-order valence-electron chi connectivity index (χ0n) is 11.8. The lowest BCUT2D eigenvalue weighted by Gasteiger charge is -2.20. The first-order valence-electron chi connectivity index (χ1n) is 6.58. The standard InChI is InChI=1S/C15H24FNO/c1-5-6-9-18-14-8-7-12(10-13(14)16)11-17-15(2,3)4/h7-8,10,17H,5-6,9,11H2,1-4H3. The summed E-state index contributed by atoms with van der Waals surface area (Å²) < 4.78 is 19.1. The van der Waals surface area contributed by atoms with Crippen LogP contribution in [0, 0.1) is 5.82 Å². The van der Waals surface area contributed by atoms with E-state index in [9.17, 15) is 4.39 Å². The van der Waals surface area contributed by atoms with E-state index < -0.39 is 0 Å². The van der Waals surface area contributed by atoms with Crippen molar-refractivity contribution in [1.82, 2.24) is 5.32 Å². The Morgan fingerprint density at radius 3 is 2.56 bits per heavy atom. The minimum absolute atomic E-state index is 0.0345. The molecule has 1 aromatic rings. The van der Waals surface area contributed by atoms with Gasteiger partial charge in [0.2, 0.25) is 0 Å². The summed E-state index contributed by atoms with van der Waals surface area (Å²) in [4.78, 5) is 0. The highest BCUT2D eigenvalue weighted by Gasteiger charge is 2.10. The molecule has 0 fully saturated rings. The van der Waals surface area contributed by atoms with Gasteiger partial charge >= 0.3 is 0 Å². The van der Waals surface area contributed by atoms with Crippen LogP contribution in [0.5, 0.6) is 5.75 Å². The Labute approximate surface area is 110 Å². The number of nitrogens with one attached hydrogen (secondary N) is 1. The molecule has 1 aromatic carbocycles. The molecular weight excluding hydrogens is 229 g/mol. The molecular formula is C15H24FNO. The Balaban J connectivity index is 2.56. The van der Waals surface area contributed by atoms with Crippen LogP contribution in [0.3, 0.4) is 0 Å². The highest BCUT2D eigenvalue weighted by Crippen LogP contribution is 2.19. The zero-order valence-corrected chi connectivity index (χ0v) is 11.8. The van der Waals surface area contributed by atoms with Crippen molar-refractivity contribution >= 4 is 0 Å². The molecule has 0 atom stereocenters. The van der Waals surface area contributed by atoms with Crippen LogP contribution >= 0.6 is 0 Å². The molecule has 0 aromatic heterocycles. The molecule has 0 amide bonds. The van der Waals surface area contributed by atoms with Gasteiger partial charge in [0.25, 0.3) is 0 Å². The van der Waals surface area contributed by atoms with Crippen LogP contribution < -0.4 is 10.1 Å². The number of hydrogen-bond acceptors (Lipinski definition) is 2. The number of rotatable bonds is 6. The lowest BCUT2D eigenvalue weighted by atomic mass is 10.1. The number of benzene rings is 1. The van der Waals surface area contributed by atoms with Crippen molar-refractivity contribution in [3.63, 3.8) is 0 Å². The summed E-state index contributed by atoms with van der Waals surface area (Å²) >= 11 is 0. The number of hydrogen-bond donors (Lipinski definition) is 1. The van der Waals surface area contributed by atoms with Gasteiger partial charge in [0.05, 0.1) is 6.61 Å². The van der Waals surface area contributed by atoms with E-state index in [1.807, 2.05) is 6.07 Å². The van der Waals surface area contributed by atoms with Gasteiger partial charge in [-0.25, -0.2) is 4.39 Å². The van der Waals surface area contributed by atoms with E-state index in [4.69, 9.17) is 4.74 Å². The molecule has 102 valence electrons. The van der Waals surface area contributed by atoms with Crippen molar-refractivity contribution in [2.24, 2.45) is 0 Å². The van der Waals surface area contributed by atoms with Crippen LogP contribution in [-0.4, -0.2) is 12.1 Å². The van der Waals surface area contributed by atoms with Crippen LogP contribution in [0.1, 0.15) is 46.1 Å². The Bertz CT molecular complexity index is 371. The van der Waals surface area contributed by atoms with Gasteiger partial charge < -0.3 is 10.1 Å². The topological polar surface area (TPSA) is 21.3 Å². The van der Waals surface area contributed by atoms with Gasteiger partial charge in [0, 0.05) is 12.1 Å². The summed E-state index contributed by atoms with van der Waals surface area (Å²) in [5, 5.41) is 3.33. The zero-order chi connectivity index (χ0) is 13.6. The van der Waals surface area contributed by atoms with Gasteiger partial charge in [0.1, 0.15) is 0 Å². The van der Waals surface area contributed by atoms with E-state index in [-0.39, 0.29) is 11.4 Å². The lowest BCUT2D eigenvalue weighted by Crippen LogP contribution is -2.35. The van der Waals surface area contributed by atoms with Crippen molar-refractivity contribution in [2.45, 2.75) is 52.6 Å². The fourth-order valence-corrected chi connectivity index (χ4v) is 1.47. The Morgan fingerprint density at radius 1 is 1.28 bits per heavy atom. The van der Waals surface area contributed by atoms with E-state index in [1.54, 1.807) is 12.1 Å². The summed E-state index contributed by atoms with van der Waals surface area (Å²) in [6, 6.07) is 5.16. The van der Waals surface area contributed by atoms with Gasteiger partial charge in [-0.2, -0.15) is 0 Å². The fourth-order valence-electron chi connectivity index (χ4n) is 1.47. The first-order valence-corrected chi connectivity index (χ1v) is 6.58. The molecule has 0 aliphatic rings. The van der Waals surface area contributed by atoms with E-state index in [2.05, 4.69) is 33.0 Å². The van der Waals surface area contributed by atoms with Crippen LogP contribution in [0.2, 0.25) is 0 Å². The van der Waals surface area contributed by atoms with Crippen LogP contribution in [-0.2, 0) is 6.54 Å². The van der Waals surface area contributed by atoms with Crippen molar-refractivity contribution in [3.8, 4) is 5.75 Å². The second-order valence-electron chi connectivity index (χ2n) is 5.57. The summed E-state index contributed by atoms with van der Waals surface area (Å²) in [5.41, 5.74) is 0.970. The summed E-state index contributed by atoms with van der Waals surface area (Å²) in [7, 11) is 0. The maximum Gasteiger partial charge on any atom is 0.165 e. The minimum Gasteiger partial charge on any atom is -0.491 e. The number of unbranched alkanes of at least 4 members (excludes halogenated alkanes) is 1. The van der Waals surface area contributed by atoms with Crippen molar-refractivity contribution in [3.05, 3.63) is 29.6 Å². The third kappa shape index (κ3) is 5.50. The fraction of sp³-hybridized carbons (Fsp3) is 0.600. The molecule has 0 saturated carbocycles. The van der Waals surface area contributed by atoms with Gasteiger partial charge in [-0.15, -0.1) is 0 Å². The van der Waals surface area contributed by atoms with E-state index >= 15 is 0 Å². The largest absolute Gasteiger partial charge is 0.491 e. The summed E-state index contributed by atoms with van der Waals surface area (Å²) in [6.45, 7) is 9.59. The predicted octanol–water partition coefficient (Wildman–Crippen LogP) is 3.89. The average Bonchev–Trinajstić information content (AvgIpc) is 2.28. The third-order valence-electron chi connectivity index (χ3n) is 2.57. The monoisotopic (exact) mass is 253 g/mol. The molecule has 0 aliphatic carbocycles. The molecule has 18 heavy (non-hydrogen) atoms. The quantitative estimate of drug-likeness (QED) is 0.776. The Kier molecular flexibility index (Phi) is 5.60. The van der Waals surface area contributed by atoms with E-state index in [0.717, 1.165) is 18.4 Å². The molecule has 1 rings (SSSR count). The molecule has 2 nitrogen and oxygen atoms in total. The maximum absolute atomic E-state index is 13.7. The molecule has 0 spiro atoms. The second kappa shape index (κ2) is 6.74. The molecule has 0 aliphatic heterocycles. The molecule has 1 N–H and O–H groups in total. The highest BCUT2D eigenvalue weighted by atomic mass is 19.1. The average molecular weight is 253 g/mol. The molecule has 0 unspecified atom stereocenters. The number of halogens is 1. The first-order chi connectivity index (χ1) is 8.42. The van der Waals surface area contributed by atoms with Crippen molar-refractivity contribution < 1.29 is 9.13 Å². The first kappa shape index (κ1) is 15.0. The maximum atomic E-state index is 13.7. The predicted molar refractivity (Wildman–Crippen MR) is 73.4 cm³/mol. The Morgan fingerprint density at radius 2 is 2.00 bits per heavy atom. The van der Waals surface area contributed by atoms with Gasteiger partial charge in [-0.05, 0) is 44.9 Å². The normalized spacial score (nSPS) is 11.6. The Hall–Kier alpha value is -1.09. The molecule has 0 bridgehead atoms. The SMILES string of the molecule is CCCCOc1ccc(CNC(C)(C)C)cc1F. The molecule has 0 heterocycles. The molecule has 0 radical (unpaired) electrons. The minimum atomic E-state index is -0.278. The van der Waals surface area contributed by atoms with Crippen LogP contribution in [0.4, 0.5) is 4.39 Å². The van der Waals surface area contributed by atoms with Crippen molar-refractivity contribution in [2.75, 3.05) is 6.61 Å². The van der Waals surface area contributed by atoms with Crippen molar-refractivity contribution in [1.29, 1.82) is 0 Å². The van der Waals surface area contributed by atoms with E-state index in [1.165, 1.54) is 0 Å². The second-order valence-corrected chi connectivity index (χ2v) is 5.57. The van der Waals surface area contributed by atoms with Gasteiger partial charge in [0.15, 0.2) is 11.6 Å². The lowest BCUT2D eigenvalue weighted by molar-refractivity contribution is 0.294. The van der Waals surface area contributed by atoms with Crippen LogP contribution in [0.15, 0.2) is 18.2 Å². The summed E-state index contributed by atoms with van der Waals surface area (Å²) in [6.07, 6.45) is 2.00. The summed E-state index contributed by atoms with van der Waals surface area (Å²) in [5.74, 6) is 0.0715. The molecule has 0 saturated heterocycles. The third-order valence-corrected chi connectivity index (χ3v) is 2.57. The van der Waals surface area contributed by atoms with E-state index in [0.29, 0.717) is 18.9 Å². The number of ether oxygens (including phenoxy) is 1. The highest BCUT2D eigenvalue weighted by molar-refractivity contribution is 5.29. The van der Waals surface area contributed by atoms with Gasteiger partial charge in [-0.3, -0.25) is 0 Å². The smallest absolute Gasteiger partial charge is 0.165 e. The van der Waals surface area contributed by atoms with Gasteiger partial charge in [-0.1, -0.05) is 19.4 Å².